The minimum Gasteiger partial charge on any atom is -0.462 e. The van der Waals surface area contributed by atoms with Gasteiger partial charge >= 0.3 is 29.8 Å². The van der Waals surface area contributed by atoms with Gasteiger partial charge in [-0.3, -0.25) is 38.4 Å². The molecule has 4 aliphatic carbocycles. The number of piperidine rings is 1. The van der Waals surface area contributed by atoms with Gasteiger partial charge in [0.25, 0.3) is 11.7 Å². The molecule has 2 saturated carbocycles. The number of rotatable bonds is 13. The van der Waals surface area contributed by atoms with Crippen LogP contribution in [-0.2, 0) is 86.4 Å². The largest absolute Gasteiger partial charge is 0.462 e. The zero-order chi connectivity index (χ0) is 72.9. The Labute approximate surface area is 586 Å². The molecule has 4 aliphatic heterocycles. The number of esters is 5. The first-order chi connectivity index (χ1) is 47.4. The van der Waals surface area contributed by atoms with E-state index in [1.807, 2.05) is 65.0 Å². The lowest BCUT2D eigenvalue weighted by atomic mass is 9.54. The maximum absolute atomic E-state index is 14.7. The lowest BCUT2D eigenvalue weighted by Gasteiger charge is -2.52. The van der Waals surface area contributed by atoms with E-state index in [4.69, 9.17) is 47.0 Å². The van der Waals surface area contributed by atoms with Crippen molar-refractivity contribution in [1.29, 1.82) is 0 Å². The highest BCUT2D eigenvalue weighted by molar-refractivity contribution is 6.39. The van der Waals surface area contributed by atoms with Gasteiger partial charge in [-0.05, 0) is 151 Å². The molecule has 23 heteroatoms. The number of nitrogens with zero attached hydrogens (tertiary/aromatic N) is 1. The van der Waals surface area contributed by atoms with Gasteiger partial charge in [0.05, 0.1) is 37.1 Å². The first kappa shape index (κ1) is 77.4. The fraction of sp³-hybridized carbons (Fsp3) is 0.688. The van der Waals surface area contributed by atoms with Crippen molar-refractivity contribution in [3.8, 4) is 0 Å². The standard InChI is InChI=1S/C77H105NO22/c1-41-19-15-14-16-20-42(2)56(92-12)36-51-25-22-47(7)77(90,100-51)71(86)72(87)78-32-18-17-21-54(78)74(89)97-57(37-55(80)43(3)34-46(6)67(84)70(93-13)66(83)45(5)33-41)44(4)35-49-23-26-50(27-24-49)96-61(81)30-31-62(82)98-59-29-28-53-63-65(58(95-48(8)79)38-75(53,59)9)76(10)60(40-91-11)99-73(88)52-39-94-69(64(52)76)68(63)85/h14-16,19-20,34,39,41,43-45,47,49-51,53-54,56-60,67,70,84,90H,17-18,21-33,35-38,40H2,1-13H3/b16-14+,19-15+,42-20+,46-34+/t41-,43-,44-,45-,47-,49-,50-,51+,53?,54+,56+,57+,58-,59+,60-,67-,70+,75+,76+,77-/m1/s1. The number of aliphatic hydroxyl groups excluding tert-OH is 1. The van der Waals surface area contributed by atoms with Crippen LogP contribution in [0.2, 0.25) is 0 Å². The first-order valence-corrected chi connectivity index (χ1v) is 36.0. The lowest BCUT2D eigenvalue weighted by molar-refractivity contribution is -0.265. The molecule has 0 aromatic carbocycles. The molecular weight excluding hydrogens is 1290 g/mol. The Hall–Kier alpha value is -6.76. The van der Waals surface area contributed by atoms with Crippen LogP contribution in [0.3, 0.4) is 0 Å². The molecule has 5 heterocycles. The third-order valence-electron chi connectivity index (χ3n) is 23.1. The molecule has 0 radical (unpaired) electrons. The zero-order valence-electron chi connectivity index (χ0n) is 60.5. The number of hydrogen-bond donors (Lipinski definition) is 2. The van der Waals surface area contributed by atoms with Gasteiger partial charge in [-0.1, -0.05) is 78.0 Å². The second-order valence-corrected chi connectivity index (χ2v) is 30.2. The van der Waals surface area contributed by atoms with Gasteiger partial charge in [0, 0.05) is 81.9 Å². The summed E-state index contributed by atoms with van der Waals surface area (Å²) in [7, 11) is 4.39. The number of Topliss-reactive ketones (excluding diaryl/α,β-unsaturated/α-hetero) is 4. The summed E-state index contributed by atoms with van der Waals surface area (Å²) in [5.74, 6) is -12.1. The molecule has 1 aromatic heterocycles. The molecule has 4 fully saturated rings. The third-order valence-corrected chi connectivity index (χ3v) is 23.1. The van der Waals surface area contributed by atoms with E-state index in [0.717, 1.165) is 10.5 Å². The van der Waals surface area contributed by atoms with Crippen LogP contribution in [0.25, 0.3) is 0 Å². The average Bonchev–Trinajstić information content (AvgIpc) is 1.37. The SMILES string of the molecule is COC[C@H]1OC(=O)c2coc3c2[C@@]1(C)C1=C(C3=O)C2CC[C@H](OC(=O)CCC(=O)O[C@H]3CC[C@H](C[C@@H](C)[C@@H]4CC(=O)[C@H](C)/C=C(\C)[C@@H](O)[C@@H](OC)C(=O)[C@H](C)C[C@H](C)/C=C/C=C/C=C(\C)[C@@H](OC)C[C@@H]5CC[C@@H](C)[C@@](O)(O5)C(=O)C(=O)N5CCCC[C@H]5C(=O)O4)CC3)[C@@]2(C)C[C@H]1OC(C)=O. The Kier molecular flexibility index (Phi) is 25.3. The number of hydrogen-bond acceptors (Lipinski definition) is 22. The predicted molar refractivity (Wildman–Crippen MR) is 361 cm³/mol. The quantitative estimate of drug-likeness (QED) is 0.0803. The highest BCUT2D eigenvalue weighted by atomic mass is 16.6. The summed E-state index contributed by atoms with van der Waals surface area (Å²) in [5, 5.41) is 23.8. The second-order valence-electron chi connectivity index (χ2n) is 30.2. The molecule has 0 spiro atoms. The number of aliphatic hydroxyl groups is 2. The topological polar surface area (TPSA) is 311 Å². The van der Waals surface area contributed by atoms with Crippen molar-refractivity contribution in [3.05, 3.63) is 81.9 Å². The fourth-order valence-corrected chi connectivity index (χ4v) is 17.3. The average molecular weight is 1400 g/mol. The molecule has 1 unspecified atom stereocenters. The molecule has 550 valence electrons. The van der Waals surface area contributed by atoms with Gasteiger partial charge < -0.3 is 62.2 Å². The Bertz CT molecular complexity index is 3420. The lowest BCUT2D eigenvalue weighted by Crippen LogP contribution is -2.61. The molecule has 23 nitrogen and oxygen atoms in total. The Morgan fingerprint density at radius 3 is 2.18 bits per heavy atom. The van der Waals surface area contributed by atoms with Crippen LogP contribution in [0, 0.1) is 46.8 Å². The Morgan fingerprint density at radius 2 is 1.50 bits per heavy atom. The van der Waals surface area contributed by atoms with E-state index in [0.29, 0.717) is 99.3 Å². The van der Waals surface area contributed by atoms with E-state index in [2.05, 4.69) is 0 Å². The minimum atomic E-state index is -2.49. The van der Waals surface area contributed by atoms with Gasteiger partial charge in [-0.15, -0.1) is 0 Å². The van der Waals surface area contributed by atoms with Crippen LogP contribution in [0.4, 0.5) is 0 Å². The molecule has 18 atom stereocenters. The van der Waals surface area contributed by atoms with Crippen LogP contribution in [0.1, 0.15) is 211 Å². The van der Waals surface area contributed by atoms with E-state index in [1.54, 1.807) is 40.9 Å². The summed E-state index contributed by atoms with van der Waals surface area (Å²) in [4.78, 5) is 141. The van der Waals surface area contributed by atoms with E-state index in [-0.39, 0.29) is 86.4 Å². The van der Waals surface area contributed by atoms with E-state index < -0.39 is 155 Å². The third kappa shape index (κ3) is 16.3. The maximum Gasteiger partial charge on any atom is 0.342 e. The smallest absolute Gasteiger partial charge is 0.342 e. The fourth-order valence-electron chi connectivity index (χ4n) is 17.3. The Morgan fingerprint density at radius 1 is 0.790 bits per heavy atom. The van der Waals surface area contributed by atoms with Crippen LogP contribution < -0.4 is 0 Å². The van der Waals surface area contributed by atoms with Crippen molar-refractivity contribution in [1.82, 2.24) is 4.90 Å². The van der Waals surface area contributed by atoms with E-state index in [9.17, 15) is 58.2 Å². The van der Waals surface area contributed by atoms with Gasteiger partial charge in [0.1, 0.15) is 66.4 Å². The van der Waals surface area contributed by atoms with Crippen molar-refractivity contribution >= 4 is 58.9 Å². The van der Waals surface area contributed by atoms with Crippen LogP contribution in [0.15, 0.2) is 69.4 Å². The highest BCUT2D eigenvalue weighted by Crippen LogP contribution is 2.63. The molecule has 100 heavy (non-hydrogen) atoms. The maximum atomic E-state index is 14.7. The molecule has 1 amide bonds. The molecular formula is C77H105NO22. The number of allylic oxidation sites excluding steroid dienone is 7. The highest BCUT2D eigenvalue weighted by Gasteiger charge is 2.65. The summed E-state index contributed by atoms with van der Waals surface area (Å²) in [6, 6.07) is -1.22. The number of ether oxygens (including phenoxy) is 9. The Balaban J connectivity index is 0.856. The number of ketones is 4. The molecule has 8 aliphatic rings. The zero-order valence-corrected chi connectivity index (χ0v) is 60.5. The van der Waals surface area contributed by atoms with Gasteiger partial charge in [0.15, 0.2) is 11.5 Å². The number of amides is 1. The molecule has 9 rings (SSSR count). The van der Waals surface area contributed by atoms with Crippen molar-refractivity contribution in [3.63, 3.8) is 0 Å². The molecule has 2 saturated heterocycles. The number of methoxy groups -OCH3 is 3. The van der Waals surface area contributed by atoms with Crippen molar-refractivity contribution in [2.24, 2.45) is 46.8 Å². The van der Waals surface area contributed by atoms with Gasteiger partial charge in [-0.25, -0.2) is 9.59 Å². The molecule has 1 aromatic rings. The number of carbonyl (C=O) groups is 10. The number of carbonyl (C=O) groups excluding carboxylic acids is 10. The second kappa shape index (κ2) is 32.7. The number of furan rings is 1. The predicted octanol–water partition coefficient (Wildman–Crippen LogP) is 9.78. The summed E-state index contributed by atoms with van der Waals surface area (Å²) in [6.45, 7) is 17.5. The van der Waals surface area contributed by atoms with Crippen LogP contribution in [-0.4, -0.2) is 175 Å². The first-order valence-electron chi connectivity index (χ1n) is 36.0. The molecule has 2 bridgehead atoms. The summed E-state index contributed by atoms with van der Waals surface area (Å²) in [6.07, 6.45) is 10.1. The summed E-state index contributed by atoms with van der Waals surface area (Å²) in [5.41, 5.74) is 0.504. The summed E-state index contributed by atoms with van der Waals surface area (Å²) >= 11 is 0. The monoisotopic (exact) mass is 1400 g/mol. The van der Waals surface area contributed by atoms with Crippen LogP contribution in [0.5, 0.6) is 0 Å². The van der Waals surface area contributed by atoms with Crippen molar-refractivity contribution in [2.75, 3.05) is 34.5 Å². The van der Waals surface area contributed by atoms with Crippen molar-refractivity contribution < 1.29 is 105 Å². The normalized spacial score (nSPS) is 37.9. The van der Waals surface area contributed by atoms with Crippen LogP contribution >= 0.6 is 0 Å². The number of cyclic esters (lactones) is 2. The van der Waals surface area contributed by atoms with Gasteiger partial charge in [0.2, 0.25) is 11.6 Å². The van der Waals surface area contributed by atoms with E-state index >= 15 is 0 Å². The van der Waals surface area contributed by atoms with Crippen molar-refractivity contribution in [2.45, 2.75) is 257 Å². The van der Waals surface area contributed by atoms with Gasteiger partial charge in [-0.2, -0.15) is 0 Å². The number of fused-ring (bicyclic) bond motifs is 6. The van der Waals surface area contributed by atoms with E-state index in [1.165, 1.54) is 27.4 Å². The minimum absolute atomic E-state index is 0.00536. The molecule has 2 N–H and O–H groups in total. The summed E-state index contributed by atoms with van der Waals surface area (Å²) < 4.78 is 59.5.